The van der Waals surface area contributed by atoms with Crippen LogP contribution in [0.15, 0.2) is 71.2 Å². The summed E-state index contributed by atoms with van der Waals surface area (Å²) in [5.41, 5.74) is 0.305. The molecular formula is C48H79NO9SSi. The molecular weight excluding hydrogens is 795 g/mol. The Bertz CT molecular complexity index is 1610. The molecule has 340 valence electrons. The van der Waals surface area contributed by atoms with Crippen LogP contribution in [0, 0.1) is 17.8 Å². The number of rotatable bonds is 23. The van der Waals surface area contributed by atoms with Crippen LogP contribution in [0.1, 0.15) is 114 Å². The minimum atomic E-state index is -2.25. The molecule has 9 atom stereocenters. The van der Waals surface area contributed by atoms with Gasteiger partial charge < -0.3 is 28.6 Å². The van der Waals surface area contributed by atoms with E-state index in [1.54, 1.807) is 52.1 Å². The van der Waals surface area contributed by atoms with Crippen molar-refractivity contribution in [2.45, 2.75) is 172 Å². The Balaban J connectivity index is 2.35. The second-order valence-corrected chi connectivity index (χ2v) is 25.6. The van der Waals surface area contributed by atoms with Gasteiger partial charge >= 0.3 is 5.97 Å². The standard InChI is InChI=1S/C48H79NO9SSi/c1-34(31-37(4)41(50)33-55-11)23-17-15-18-24-35(2)42(56-12)32-38(58-60(13,14)48(8,9)10)29-28-36(3)43(51)44(59(54)39-25-19-16-20-26-39)45(52)49-30-22-21-27-40(49)46(53)57-47(5,6)7/h15-20,23-26,34,36-38,40,42-44,51H,21-22,27-33H2,1-14H3/b18-15+,23-17+,35-24+/t34-,36-,37-,38+,40+,42+,43?,44?,59?/m1/s1. The van der Waals surface area contributed by atoms with E-state index in [-0.39, 0.29) is 41.5 Å². The maximum atomic E-state index is 14.6. The fourth-order valence-corrected chi connectivity index (χ4v) is 10.1. The number of methoxy groups -OCH3 is 2. The monoisotopic (exact) mass is 874 g/mol. The van der Waals surface area contributed by atoms with Crippen LogP contribution in [-0.2, 0) is 43.8 Å². The van der Waals surface area contributed by atoms with Gasteiger partial charge in [-0.05, 0) is 114 Å². The van der Waals surface area contributed by atoms with Crippen LogP contribution in [0.25, 0.3) is 0 Å². The number of allylic oxidation sites excluding steroid dienone is 5. The highest BCUT2D eigenvalue weighted by atomic mass is 32.2. The topological polar surface area (TPSA) is 129 Å². The fraction of sp³-hybridized carbons (Fsp3) is 0.688. The van der Waals surface area contributed by atoms with E-state index in [4.69, 9.17) is 18.6 Å². The van der Waals surface area contributed by atoms with Gasteiger partial charge in [0.2, 0.25) is 5.91 Å². The van der Waals surface area contributed by atoms with E-state index in [9.17, 15) is 23.7 Å². The third-order valence-electron chi connectivity index (χ3n) is 11.9. The molecule has 1 amide bonds. The summed E-state index contributed by atoms with van der Waals surface area (Å²) >= 11 is 0. The number of ether oxygens (including phenoxy) is 3. The van der Waals surface area contributed by atoms with Crippen molar-refractivity contribution in [2.24, 2.45) is 17.8 Å². The number of piperidine rings is 1. The molecule has 0 bridgehead atoms. The van der Waals surface area contributed by atoms with Crippen molar-refractivity contribution >= 4 is 36.8 Å². The van der Waals surface area contributed by atoms with Crippen LogP contribution in [0.5, 0.6) is 0 Å². The Hall–Kier alpha value is -2.74. The number of amides is 1. The summed E-state index contributed by atoms with van der Waals surface area (Å²) in [6, 6.07) is 7.96. The van der Waals surface area contributed by atoms with E-state index < -0.39 is 59.9 Å². The third-order valence-corrected chi connectivity index (χ3v) is 18.1. The van der Waals surface area contributed by atoms with Gasteiger partial charge in [-0.15, -0.1) is 0 Å². The molecule has 0 saturated carbocycles. The lowest BCUT2D eigenvalue weighted by molar-refractivity contribution is -0.167. The zero-order valence-electron chi connectivity index (χ0n) is 39.3. The second-order valence-electron chi connectivity index (χ2n) is 19.3. The Kier molecular flexibility index (Phi) is 22.1. The smallest absolute Gasteiger partial charge is 0.329 e. The first-order valence-corrected chi connectivity index (χ1v) is 26.0. The molecule has 1 aliphatic rings. The first-order chi connectivity index (χ1) is 27.9. The lowest BCUT2D eigenvalue weighted by atomic mass is 9.91. The zero-order valence-corrected chi connectivity index (χ0v) is 41.1. The lowest BCUT2D eigenvalue weighted by Gasteiger charge is -2.41. The molecule has 0 aromatic heterocycles. The number of ketones is 1. The van der Waals surface area contributed by atoms with Crippen LogP contribution < -0.4 is 0 Å². The summed E-state index contributed by atoms with van der Waals surface area (Å²) in [7, 11) is -0.909. The molecule has 10 nitrogen and oxygen atoms in total. The van der Waals surface area contributed by atoms with Crippen LogP contribution in [-0.4, -0.2) is 103 Å². The predicted octanol–water partition coefficient (Wildman–Crippen LogP) is 9.39. The van der Waals surface area contributed by atoms with E-state index in [2.05, 4.69) is 46.9 Å². The molecule has 0 spiro atoms. The highest BCUT2D eigenvalue weighted by Crippen LogP contribution is 2.39. The Morgan fingerprint density at radius 1 is 0.950 bits per heavy atom. The van der Waals surface area contributed by atoms with Crippen molar-refractivity contribution in [1.29, 1.82) is 0 Å². The number of esters is 1. The van der Waals surface area contributed by atoms with Crippen molar-refractivity contribution < 1.29 is 42.3 Å². The molecule has 0 aliphatic carbocycles. The van der Waals surface area contributed by atoms with Gasteiger partial charge in [-0.25, -0.2) is 4.79 Å². The molecule has 0 radical (unpaired) electrons. The van der Waals surface area contributed by atoms with Gasteiger partial charge in [-0.1, -0.05) is 90.1 Å². The van der Waals surface area contributed by atoms with Gasteiger partial charge in [0.15, 0.2) is 14.1 Å². The molecule has 1 aromatic rings. The highest BCUT2D eigenvalue weighted by molar-refractivity contribution is 7.86. The second kappa shape index (κ2) is 24.8. The summed E-state index contributed by atoms with van der Waals surface area (Å²) in [6.07, 6.45) is 12.8. The summed E-state index contributed by atoms with van der Waals surface area (Å²) in [5.74, 6) is -1.12. The normalized spacial score (nSPS) is 20.0. The average molecular weight is 874 g/mol. The van der Waals surface area contributed by atoms with Crippen LogP contribution in [0.4, 0.5) is 0 Å². The number of likely N-dealkylation sites (tertiary alicyclic amines) is 1. The van der Waals surface area contributed by atoms with E-state index in [1.807, 2.05) is 51.1 Å². The summed E-state index contributed by atoms with van der Waals surface area (Å²) in [5, 5.41) is 10.8. The van der Waals surface area contributed by atoms with E-state index in [0.717, 1.165) is 18.4 Å². The van der Waals surface area contributed by atoms with E-state index in [1.165, 1.54) is 12.0 Å². The summed E-state index contributed by atoms with van der Waals surface area (Å²) in [4.78, 5) is 42.1. The van der Waals surface area contributed by atoms with Gasteiger partial charge in [-0.3, -0.25) is 13.8 Å². The van der Waals surface area contributed by atoms with Crippen molar-refractivity contribution in [3.05, 3.63) is 66.3 Å². The number of hydrogen-bond donors (Lipinski definition) is 1. The van der Waals surface area contributed by atoms with E-state index >= 15 is 0 Å². The number of carbonyl (C=O) groups excluding carboxylic acids is 3. The molecule has 2 rings (SSSR count). The van der Waals surface area contributed by atoms with Gasteiger partial charge in [0.1, 0.15) is 23.5 Å². The van der Waals surface area contributed by atoms with Gasteiger partial charge in [0.05, 0.1) is 23.0 Å². The maximum absolute atomic E-state index is 14.6. The summed E-state index contributed by atoms with van der Waals surface area (Å²) < 4.78 is 38.2. The van der Waals surface area contributed by atoms with E-state index in [0.29, 0.717) is 43.5 Å². The van der Waals surface area contributed by atoms with Crippen LogP contribution in [0.2, 0.25) is 18.1 Å². The van der Waals surface area contributed by atoms with Crippen molar-refractivity contribution in [2.75, 3.05) is 27.4 Å². The Morgan fingerprint density at radius 3 is 2.18 bits per heavy atom. The minimum absolute atomic E-state index is 0.0475. The Morgan fingerprint density at radius 2 is 1.60 bits per heavy atom. The largest absolute Gasteiger partial charge is 0.458 e. The average Bonchev–Trinajstić information content (AvgIpc) is 3.17. The lowest BCUT2D eigenvalue weighted by Crippen LogP contribution is -2.56. The molecule has 12 heteroatoms. The molecule has 1 saturated heterocycles. The van der Waals surface area contributed by atoms with Crippen LogP contribution >= 0.6 is 0 Å². The molecule has 1 N–H and O–H groups in total. The van der Waals surface area contributed by atoms with Crippen molar-refractivity contribution in [3.8, 4) is 0 Å². The zero-order chi connectivity index (χ0) is 45.4. The molecule has 1 heterocycles. The molecule has 1 aliphatic heterocycles. The van der Waals surface area contributed by atoms with Crippen LogP contribution in [0.3, 0.4) is 0 Å². The summed E-state index contributed by atoms with van der Waals surface area (Å²) in [6.45, 7) is 24.9. The Labute approximate surface area is 366 Å². The minimum Gasteiger partial charge on any atom is -0.458 e. The number of aliphatic hydroxyl groups excluding tert-OH is 1. The molecule has 60 heavy (non-hydrogen) atoms. The molecule has 1 fully saturated rings. The number of Topliss-reactive ketones (excluding diaryl/α,β-unsaturated/α-hetero) is 1. The van der Waals surface area contributed by atoms with Gasteiger partial charge in [0.25, 0.3) is 0 Å². The SMILES string of the molecule is COCC(=O)[C@H](C)C[C@H](C)/C=C/C=C/C=C(\C)[C@H](C[C@H](CC[C@@H](C)C(O)C(C(=O)N1CCCC[C@H]1C(=O)OC(C)(C)C)S(=O)c1ccccc1)O[Si](C)(C)C(C)(C)C)OC. The number of nitrogens with zero attached hydrogens (tertiary/aromatic N) is 1. The quantitative estimate of drug-likeness (QED) is 0.0650. The fourth-order valence-electron chi connectivity index (χ4n) is 7.17. The number of aliphatic hydroxyl groups is 1. The van der Waals surface area contributed by atoms with Crippen molar-refractivity contribution in [1.82, 2.24) is 4.90 Å². The number of hydrogen-bond acceptors (Lipinski definition) is 9. The first kappa shape index (κ1) is 53.4. The number of benzene rings is 1. The number of carbonyl (C=O) groups is 3. The first-order valence-electron chi connectivity index (χ1n) is 21.8. The third kappa shape index (κ3) is 17.2. The van der Waals surface area contributed by atoms with Gasteiger partial charge in [0, 0.05) is 44.1 Å². The van der Waals surface area contributed by atoms with Crippen molar-refractivity contribution in [3.63, 3.8) is 0 Å². The maximum Gasteiger partial charge on any atom is 0.329 e. The van der Waals surface area contributed by atoms with Gasteiger partial charge in [-0.2, -0.15) is 0 Å². The highest BCUT2D eigenvalue weighted by Gasteiger charge is 2.45. The molecule has 1 aromatic carbocycles. The molecule has 3 unspecified atom stereocenters. The predicted molar refractivity (Wildman–Crippen MR) is 246 cm³/mol.